The molecule has 0 aromatic carbocycles. The van der Waals surface area contributed by atoms with E-state index in [-0.39, 0.29) is 18.5 Å². The quantitative estimate of drug-likeness (QED) is 0.0321. The molecule has 0 aromatic heterocycles. The number of carbonyl (C=O) groups excluding carboxylic acids is 2. The Morgan fingerprint density at radius 3 is 1.29 bits per heavy atom. The minimum absolute atomic E-state index is 0.0255. The highest BCUT2D eigenvalue weighted by atomic mass is 16.5. The first-order chi connectivity index (χ1) is 31.0. The number of ether oxygens (including phenoxy) is 1. The fraction of sp³-hybridized carbons (Fsp3) is 0.860. The predicted octanol–water partition coefficient (Wildman–Crippen LogP) is 16.9. The molecule has 0 aromatic rings. The number of hydrogen-bond donors (Lipinski definition) is 3. The van der Waals surface area contributed by atoms with Crippen molar-refractivity contribution in [1.82, 2.24) is 5.32 Å². The third kappa shape index (κ3) is 49.4. The molecule has 3 N–H and O–H groups in total. The summed E-state index contributed by atoms with van der Waals surface area (Å²) in [7, 11) is 0. The number of allylic oxidation sites excluding steroid dienone is 6. The van der Waals surface area contributed by atoms with Crippen molar-refractivity contribution < 1.29 is 24.5 Å². The SMILES string of the molecule is CCC/C=C\C/C=C\CCCCCCCC(=O)OCCCCCC/C=C\CCCCCCCCCC(=O)NC(CO)C(O)CCCCCCCCCCCCCCCCCCCC. The van der Waals surface area contributed by atoms with Crippen molar-refractivity contribution in [3.8, 4) is 0 Å². The second kappa shape index (κ2) is 52.7. The lowest BCUT2D eigenvalue weighted by molar-refractivity contribution is -0.143. The molecule has 0 heterocycles. The molecular formula is C57H107NO5. The van der Waals surface area contributed by atoms with E-state index in [9.17, 15) is 19.8 Å². The number of nitrogens with one attached hydrogen (secondary N) is 1. The second-order valence-electron chi connectivity index (χ2n) is 18.9. The first kappa shape index (κ1) is 61.1. The summed E-state index contributed by atoms with van der Waals surface area (Å²) in [6, 6.07) is -0.554. The molecule has 0 aliphatic carbocycles. The molecule has 2 atom stereocenters. The highest BCUT2D eigenvalue weighted by Crippen LogP contribution is 2.17. The molecular weight excluding hydrogens is 779 g/mol. The molecule has 0 fully saturated rings. The second-order valence-corrected chi connectivity index (χ2v) is 18.9. The smallest absolute Gasteiger partial charge is 0.305 e. The Balaban J connectivity index is 3.49. The van der Waals surface area contributed by atoms with Gasteiger partial charge in [0.15, 0.2) is 0 Å². The lowest BCUT2D eigenvalue weighted by atomic mass is 10.0. The number of carbonyl (C=O) groups is 2. The van der Waals surface area contributed by atoms with Gasteiger partial charge in [0.1, 0.15) is 0 Å². The first-order valence-corrected chi connectivity index (χ1v) is 27.7. The van der Waals surface area contributed by atoms with E-state index < -0.39 is 12.1 Å². The summed E-state index contributed by atoms with van der Waals surface area (Å²) in [6.07, 6.45) is 64.1. The van der Waals surface area contributed by atoms with Crippen LogP contribution in [-0.2, 0) is 14.3 Å². The number of amides is 1. The van der Waals surface area contributed by atoms with Gasteiger partial charge in [0.2, 0.25) is 5.91 Å². The number of hydrogen-bond acceptors (Lipinski definition) is 5. The van der Waals surface area contributed by atoms with Gasteiger partial charge in [-0.3, -0.25) is 9.59 Å². The molecule has 6 nitrogen and oxygen atoms in total. The number of aliphatic hydroxyl groups is 2. The number of unbranched alkanes of at least 4 members (excludes halogenated alkanes) is 34. The van der Waals surface area contributed by atoms with Crippen molar-refractivity contribution in [3.05, 3.63) is 36.5 Å². The van der Waals surface area contributed by atoms with E-state index in [2.05, 4.69) is 55.6 Å². The summed E-state index contributed by atoms with van der Waals surface area (Å²) in [5, 5.41) is 23.3. The van der Waals surface area contributed by atoms with Gasteiger partial charge < -0.3 is 20.3 Å². The van der Waals surface area contributed by atoms with Crippen LogP contribution in [0.2, 0.25) is 0 Å². The molecule has 1 amide bonds. The van der Waals surface area contributed by atoms with Crippen LogP contribution in [0.15, 0.2) is 36.5 Å². The molecule has 0 radical (unpaired) electrons. The zero-order valence-corrected chi connectivity index (χ0v) is 42.1. The molecule has 6 heteroatoms. The van der Waals surface area contributed by atoms with Gasteiger partial charge in [-0.05, 0) is 77.0 Å². The zero-order valence-electron chi connectivity index (χ0n) is 42.1. The van der Waals surface area contributed by atoms with Crippen molar-refractivity contribution in [1.29, 1.82) is 0 Å². The Morgan fingerprint density at radius 1 is 0.444 bits per heavy atom. The average Bonchev–Trinajstić information content (AvgIpc) is 3.28. The molecule has 2 unspecified atom stereocenters. The lowest BCUT2D eigenvalue weighted by Gasteiger charge is -2.22. The van der Waals surface area contributed by atoms with Crippen LogP contribution in [0.4, 0.5) is 0 Å². The van der Waals surface area contributed by atoms with Gasteiger partial charge in [-0.1, -0.05) is 237 Å². The summed E-state index contributed by atoms with van der Waals surface area (Å²) in [6.45, 7) is 4.85. The number of esters is 1. The van der Waals surface area contributed by atoms with Crippen LogP contribution in [0.5, 0.6) is 0 Å². The molecule has 0 aliphatic rings. The third-order valence-corrected chi connectivity index (χ3v) is 12.6. The van der Waals surface area contributed by atoms with E-state index in [4.69, 9.17) is 4.74 Å². The Morgan fingerprint density at radius 2 is 0.825 bits per heavy atom. The van der Waals surface area contributed by atoms with Gasteiger partial charge in [0, 0.05) is 12.8 Å². The Bertz CT molecular complexity index is 1020. The topological polar surface area (TPSA) is 95.9 Å². The maximum absolute atomic E-state index is 12.5. The normalized spacial score (nSPS) is 12.9. The van der Waals surface area contributed by atoms with Crippen LogP contribution < -0.4 is 5.32 Å². The fourth-order valence-corrected chi connectivity index (χ4v) is 8.38. The minimum Gasteiger partial charge on any atom is -0.466 e. The van der Waals surface area contributed by atoms with Crippen molar-refractivity contribution in [2.24, 2.45) is 0 Å². The summed E-state index contributed by atoms with van der Waals surface area (Å²) in [4.78, 5) is 24.5. The van der Waals surface area contributed by atoms with E-state index >= 15 is 0 Å². The van der Waals surface area contributed by atoms with Gasteiger partial charge in [-0.2, -0.15) is 0 Å². The summed E-state index contributed by atoms with van der Waals surface area (Å²) in [5.74, 6) is -0.0751. The third-order valence-electron chi connectivity index (χ3n) is 12.6. The Labute approximate surface area is 392 Å². The highest BCUT2D eigenvalue weighted by Gasteiger charge is 2.20. The van der Waals surface area contributed by atoms with Gasteiger partial charge in [0.25, 0.3) is 0 Å². The average molecular weight is 886 g/mol. The van der Waals surface area contributed by atoms with E-state index in [1.807, 2.05) is 0 Å². The summed E-state index contributed by atoms with van der Waals surface area (Å²) < 4.78 is 5.44. The van der Waals surface area contributed by atoms with Gasteiger partial charge in [0.05, 0.1) is 25.4 Å². The van der Waals surface area contributed by atoms with Crippen molar-refractivity contribution in [2.45, 2.75) is 302 Å². The lowest BCUT2D eigenvalue weighted by Crippen LogP contribution is -2.45. The molecule has 0 spiro atoms. The van der Waals surface area contributed by atoms with Crippen LogP contribution >= 0.6 is 0 Å². The predicted molar refractivity (Wildman–Crippen MR) is 273 cm³/mol. The van der Waals surface area contributed by atoms with Gasteiger partial charge in [-0.15, -0.1) is 0 Å². The molecule has 63 heavy (non-hydrogen) atoms. The summed E-state index contributed by atoms with van der Waals surface area (Å²) in [5.41, 5.74) is 0. The summed E-state index contributed by atoms with van der Waals surface area (Å²) >= 11 is 0. The van der Waals surface area contributed by atoms with E-state index in [1.165, 1.54) is 173 Å². The molecule has 0 saturated carbocycles. The van der Waals surface area contributed by atoms with Crippen LogP contribution in [0, 0.1) is 0 Å². The zero-order chi connectivity index (χ0) is 45.8. The van der Waals surface area contributed by atoms with E-state index in [0.717, 1.165) is 83.5 Å². The van der Waals surface area contributed by atoms with Crippen molar-refractivity contribution in [2.75, 3.05) is 13.2 Å². The standard InChI is InChI=1S/C57H107NO5/c1-3-5-7-9-11-13-15-17-18-19-20-22-26-29-33-37-41-45-49-55(60)54(53-59)58-56(61)50-46-42-38-34-30-27-23-21-24-28-32-36-40-44-48-52-63-57(62)51-47-43-39-35-31-25-16-14-12-10-8-6-4-2/h8,10,14,16,24,28,54-55,59-60H,3-7,9,11-13,15,17-23,25-27,29-53H2,1-2H3,(H,58,61)/b10-8-,16-14-,28-24-. The van der Waals surface area contributed by atoms with Crippen LogP contribution in [0.1, 0.15) is 290 Å². The van der Waals surface area contributed by atoms with Gasteiger partial charge >= 0.3 is 5.97 Å². The Hall–Kier alpha value is -1.92. The van der Waals surface area contributed by atoms with Gasteiger partial charge in [-0.25, -0.2) is 0 Å². The largest absolute Gasteiger partial charge is 0.466 e. The molecule has 0 saturated heterocycles. The maximum atomic E-state index is 12.5. The van der Waals surface area contributed by atoms with E-state index in [0.29, 0.717) is 25.9 Å². The van der Waals surface area contributed by atoms with E-state index in [1.54, 1.807) is 0 Å². The number of rotatable bonds is 51. The molecule has 370 valence electrons. The Kier molecular flexibility index (Phi) is 51.1. The fourth-order valence-electron chi connectivity index (χ4n) is 8.38. The molecule has 0 bridgehead atoms. The van der Waals surface area contributed by atoms with Crippen molar-refractivity contribution in [3.63, 3.8) is 0 Å². The molecule has 0 aliphatic heterocycles. The minimum atomic E-state index is -0.675. The van der Waals surface area contributed by atoms with Crippen LogP contribution in [0.3, 0.4) is 0 Å². The molecule has 0 rings (SSSR count). The monoisotopic (exact) mass is 886 g/mol. The van der Waals surface area contributed by atoms with Crippen LogP contribution in [0.25, 0.3) is 0 Å². The number of aliphatic hydroxyl groups excluding tert-OH is 2. The maximum Gasteiger partial charge on any atom is 0.305 e. The van der Waals surface area contributed by atoms with Crippen molar-refractivity contribution >= 4 is 11.9 Å². The highest BCUT2D eigenvalue weighted by molar-refractivity contribution is 5.76. The van der Waals surface area contributed by atoms with Crippen LogP contribution in [-0.4, -0.2) is 47.4 Å². The first-order valence-electron chi connectivity index (χ1n) is 27.7.